The van der Waals surface area contributed by atoms with E-state index >= 15 is 0 Å². The van der Waals surface area contributed by atoms with E-state index in [0.717, 1.165) is 36.8 Å². The van der Waals surface area contributed by atoms with Gasteiger partial charge >= 0.3 is 0 Å². The molecule has 0 amide bonds. The minimum absolute atomic E-state index is 0.543. The van der Waals surface area contributed by atoms with E-state index in [2.05, 4.69) is 27.8 Å². The molecular formula is C18H24Cl2N4O. The van der Waals surface area contributed by atoms with Crippen LogP contribution in [-0.4, -0.2) is 31.2 Å². The smallest absolute Gasteiger partial charge is 0.191 e. The van der Waals surface area contributed by atoms with Gasteiger partial charge in [0.25, 0.3) is 0 Å². The predicted octanol–water partition coefficient (Wildman–Crippen LogP) is 3.64. The van der Waals surface area contributed by atoms with Crippen LogP contribution in [0.15, 0.2) is 35.3 Å². The van der Waals surface area contributed by atoms with Crippen molar-refractivity contribution in [2.45, 2.75) is 19.4 Å². The Morgan fingerprint density at radius 3 is 2.48 bits per heavy atom. The molecule has 2 N–H and O–H groups in total. The first kappa shape index (κ1) is 19.5. The van der Waals surface area contributed by atoms with Gasteiger partial charge in [-0.15, -0.1) is 0 Å². The molecule has 2 aromatic rings. The number of aromatic nitrogens is 1. The molecule has 0 saturated carbocycles. The summed E-state index contributed by atoms with van der Waals surface area (Å²) in [6.45, 7) is 1.43. The Morgan fingerprint density at radius 1 is 1.20 bits per heavy atom. The average Bonchev–Trinajstić information content (AvgIpc) is 2.88. The van der Waals surface area contributed by atoms with Crippen LogP contribution in [0.2, 0.25) is 10.2 Å². The fourth-order valence-electron chi connectivity index (χ4n) is 2.44. The van der Waals surface area contributed by atoms with Crippen LogP contribution in [0.4, 0.5) is 0 Å². The molecule has 0 aliphatic carbocycles. The summed E-state index contributed by atoms with van der Waals surface area (Å²) in [6, 6.07) is 10.0. The highest BCUT2D eigenvalue weighted by Crippen LogP contribution is 2.24. The molecule has 0 atom stereocenters. The highest BCUT2D eigenvalue weighted by Gasteiger charge is 2.09. The molecule has 136 valence electrons. The number of nitrogens with one attached hydrogen (secondary N) is 2. The van der Waals surface area contributed by atoms with E-state index in [1.54, 1.807) is 14.2 Å². The zero-order chi connectivity index (χ0) is 18.2. The van der Waals surface area contributed by atoms with Crippen molar-refractivity contribution in [3.05, 3.63) is 51.8 Å². The second-order valence-corrected chi connectivity index (χ2v) is 6.40. The van der Waals surface area contributed by atoms with Crippen molar-refractivity contribution in [1.29, 1.82) is 0 Å². The lowest BCUT2D eigenvalue weighted by Crippen LogP contribution is -2.37. The largest absolute Gasteiger partial charge is 0.497 e. The summed E-state index contributed by atoms with van der Waals surface area (Å²) in [5.74, 6) is 1.63. The first-order valence-corrected chi connectivity index (χ1v) is 8.87. The van der Waals surface area contributed by atoms with Crippen LogP contribution in [0.25, 0.3) is 0 Å². The lowest BCUT2D eigenvalue weighted by Gasteiger charge is -2.12. The second-order valence-electron chi connectivity index (χ2n) is 5.64. The summed E-state index contributed by atoms with van der Waals surface area (Å²) >= 11 is 12.1. The zero-order valence-corrected chi connectivity index (χ0v) is 16.3. The molecule has 5 nitrogen and oxygen atoms in total. The average molecular weight is 383 g/mol. The molecule has 1 heterocycles. The predicted molar refractivity (Wildman–Crippen MR) is 105 cm³/mol. The number of halogens is 2. The molecule has 0 saturated heterocycles. The third-order valence-corrected chi connectivity index (χ3v) is 4.81. The summed E-state index contributed by atoms with van der Waals surface area (Å²) in [7, 11) is 5.31. The van der Waals surface area contributed by atoms with E-state index in [1.165, 1.54) is 5.56 Å². The van der Waals surface area contributed by atoms with Gasteiger partial charge in [-0.1, -0.05) is 35.3 Å². The van der Waals surface area contributed by atoms with Gasteiger partial charge < -0.3 is 19.9 Å². The van der Waals surface area contributed by atoms with Crippen molar-refractivity contribution in [1.82, 2.24) is 15.2 Å². The molecule has 1 aromatic carbocycles. The number of guanidine groups is 1. The minimum Gasteiger partial charge on any atom is -0.497 e. The van der Waals surface area contributed by atoms with Crippen LogP contribution < -0.4 is 15.4 Å². The molecule has 0 unspecified atom stereocenters. The molecule has 1 aromatic heterocycles. The maximum absolute atomic E-state index is 6.08. The third kappa shape index (κ3) is 5.58. The summed E-state index contributed by atoms with van der Waals surface area (Å²) in [6.07, 6.45) is 2.01. The molecule has 0 bridgehead atoms. The Labute approximate surface area is 159 Å². The van der Waals surface area contributed by atoms with E-state index < -0.39 is 0 Å². The zero-order valence-electron chi connectivity index (χ0n) is 14.8. The van der Waals surface area contributed by atoms with E-state index in [1.807, 2.05) is 29.8 Å². The fourth-order valence-corrected chi connectivity index (χ4v) is 2.86. The van der Waals surface area contributed by atoms with Gasteiger partial charge in [0.1, 0.15) is 10.9 Å². The number of benzene rings is 1. The van der Waals surface area contributed by atoms with Gasteiger partial charge in [-0.25, -0.2) is 0 Å². The molecule has 0 fully saturated rings. The summed E-state index contributed by atoms with van der Waals surface area (Å²) in [5.41, 5.74) is 2.29. The monoisotopic (exact) mass is 382 g/mol. The third-order valence-electron chi connectivity index (χ3n) is 3.97. The maximum Gasteiger partial charge on any atom is 0.191 e. The van der Waals surface area contributed by atoms with E-state index in [9.17, 15) is 0 Å². The summed E-state index contributed by atoms with van der Waals surface area (Å²) in [4.78, 5) is 4.23. The van der Waals surface area contributed by atoms with Gasteiger partial charge in [0.05, 0.1) is 18.7 Å². The molecule has 0 spiro atoms. The van der Waals surface area contributed by atoms with Crippen molar-refractivity contribution in [3.63, 3.8) is 0 Å². The molecule has 7 heteroatoms. The normalized spacial score (nSPS) is 11.5. The highest BCUT2D eigenvalue weighted by molar-refractivity contribution is 6.41. The number of hydrogen-bond acceptors (Lipinski definition) is 2. The van der Waals surface area contributed by atoms with E-state index in [0.29, 0.717) is 16.7 Å². The highest BCUT2D eigenvalue weighted by atomic mass is 35.5. The van der Waals surface area contributed by atoms with E-state index in [4.69, 9.17) is 27.9 Å². The topological polar surface area (TPSA) is 50.6 Å². The number of hydrogen-bond donors (Lipinski definition) is 2. The number of nitrogens with zero attached hydrogens (tertiary/aromatic N) is 2. The Hall–Kier alpha value is -1.85. The van der Waals surface area contributed by atoms with Crippen molar-refractivity contribution in [3.8, 4) is 5.75 Å². The fraction of sp³-hybridized carbons (Fsp3) is 0.389. The minimum atomic E-state index is 0.543. The molecule has 25 heavy (non-hydrogen) atoms. The first-order chi connectivity index (χ1) is 12.0. The van der Waals surface area contributed by atoms with Crippen LogP contribution in [0.1, 0.15) is 17.7 Å². The number of rotatable bonds is 7. The molecular weight excluding hydrogens is 359 g/mol. The van der Waals surface area contributed by atoms with Crippen LogP contribution in [0.5, 0.6) is 5.75 Å². The van der Waals surface area contributed by atoms with Gasteiger partial charge in [0.2, 0.25) is 0 Å². The van der Waals surface area contributed by atoms with Crippen LogP contribution in [-0.2, 0) is 20.0 Å². The standard InChI is InChI=1S/C18H24Cl2N4O/c1-21-18(23-12-14-11-16(19)17(20)24(14)2)22-10-4-5-13-6-8-15(25-3)9-7-13/h6-9,11H,4-5,10,12H2,1-3H3,(H2,21,22,23). The number of aliphatic imine (C=N–C) groups is 1. The number of ether oxygens (including phenoxy) is 1. The van der Waals surface area contributed by atoms with Crippen molar-refractivity contribution in [2.24, 2.45) is 12.0 Å². The van der Waals surface area contributed by atoms with E-state index in [-0.39, 0.29) is 0 Å². The SMILES string of the molecule is CN=C(NCCCc1ccc(OC)cc1)NCc1cc(Cl)c(Cl)n1C. The van der Waals surface area contributed by atoms with Crippen molar-refractivity contribution < 1.29 is 4.74 Å². The van der Waals surface area contributed by atoms with Crippen LogP contribution in [0, 0.1) is 0 Å². The van der Waals surface area contributed by atoms with Crippen LogP contribution >= 0.6 is 23.2 Å². The first-order valence-electron chi connectivity index (χ1n) is 8.12. The van der Waals surface area contributed by atoms with Crippen molar-refractivity contribution in [2.75, 3.05) is 20.7 Å². The Bertz CT molecular complexity index is 711. The lowest BCUT2D eigenvalue weighted by atomic mass is 10.1. The summed E-state index contributed by atoms with van der Waals surface area (Å²) < 4.78 is 7.02. The Morgan fingerprint density at radius 2 is 1.92 bits per heavy atom. The van der Waals surface area contributed by atoms with Crippen LogP contribution in [0.3, 0.4) is 0 Å². The number of aryl methyl sites for hydroxylation is 1. The molecule has 2 rings (SSSR count). The van der Waals surface area contributed by atoms with Gasteiger partial charge in [-0.2, -0.15) is 0 Å². The van der Waals surface area contributed by atoms with Gasteiger partial charge in [0, 0.05) is 26.3 Å². The molecule has 0 radical (unpaired) electrons. The Balaban J connectivity index is 1.73. The quantitative estimate of drug-likeness (QED) is 0.436. The van der Waals surface area contributed by atoms with Gasteiger partial charge in [-0.05, 0) is 36.6 Å². The van der Waals surface area contributed by atoms with Gasteiger partial charge in [-0.3, -0.25) is 4.99 Å². The van der Waals surface area contributed by atoms with Crippen molar-refractivity contribution >= 4 is 29.2 Å². The second kappa shape index (κ2) is 9.59. The lowest BCUT2D eigenvalue weighted by molar-refractivity contribution is 0.414. The Kier molecular flexibility index (Phi) is 7.47. The molecule has 0 aliphatic heterocycles. The molecule has 0 aliphatic rings. The summed E-state index contributed by atoms with van der Waals surface area (Å²) in [5, 5.41) is 7.68. The maximum atomic E-state index is 6.08. The van der Waals surface area contributed by atoms with Gasteiger partial charge in [0.15, 0.2) is 5.96 Å². The number of methoxy groups -OCH3 is 1.